The third-order valence-corrected chi connectivity index (χ3v) is 5.11. The van der Waals surface area contributed by atoms with Crippen molar-refractivity contribution in [1.82, 2.24) is 0 Å². The minimum Gasteiger partial charge on any atom is -0.480 e. The van der Waals surface area contributed by atoms with Gasteiger partial charge in [0.15, 0.2) is 0 Å². The van der Waals surface area contributed by atoms with Crippen LogP contribution in [-0.4, -0.2) is 54.5 Å². The number of anilines is 1. The van der Waals surface area contributed by atoms with Gasteiger partial charge in [-0.1, -0.05) is 12.1 Å². The van der Waals surface area contributed by atoms with Gasteiger partial charge in [-0.15, -0.1) is 0 Å². The number of carboxylic acid groups (broad SMARTS) is 1. The van der Waals surface area contributed by atoms with Gasteiger partial charge in [0.2, 0.25) is 0 Å². The van der Waals surface area contributed by atoms with Gasteiger partial charge in [0.25, 0.3) is 0 Å². The van der Waals surface area contributed by atoms with E-state index in [2.05, 4.69) is 10.2 Å². The topological polar surface area (TPSA) is 65.3 Å². The Hall–Kier alpha value is -3.60. The summed E-state index contributed by atoms with van der Waals surface area (Å²) < 4.78 is 173. The van der Waals surface area contributed by atoms with E-state index in [9.17, 15) is 61.9 Å². The average Bonchev–Trinajstić information content (AvgIpc) is 2.81. The van der Waals surface area contributed by atoms with E-state index in [1.165, 1.54) is 36.2 Å². The lowest BCUT2D eigenvalue weighted by molar-refractivity contribution is -0.441. The van der Waals surface area contributed by atoms with Gasteiger partial charge in [-0.2, -0.15) is 67.3 Å². The van der Waals surface area contributed by atoms with Crippen molar-refractivity contribution in [3.8, 4) is 0 Å². The molecule has 39 heavy (non-hydrogen) atoms. The van der Waals surface area contributed by atoms with Gasteiger partial charge in [0.1, 0.15) is 6.54 Å². The van der Waals surface area contributed by atoms with E-state index in [1.807, 2.05) is 0 Å². The van der Waals surface area contributed by atoms with Crippen LogP contribution in [0.15, 0.2) is 58.8 Å². The van der Waals surface area contributed by atoms with Gasteiger partial charge in [0.05, 0.1) is 11.4 Å². The Balaban J connectivity index is 2.31. The Morgan fingerprint density at radius 2 is 1.05 bits per heavy atom. The maximum Gasteiger partial charge on any atom is 0.460 e. The predicted molar refractivity (Wildman–Crippen MR) is 108 cm³/mol. The lowest BCUT2D eigenvalue weighted by Crippen LogP contribution is -2.69. The van der Waals surface area contributed by atoms with Crippen molar-refractivity contribution in [3.63, 3.8) is 0 Å². The Morgan fingerprint density at radius 1 is 0.667 bits per heavy atom. The van der Waals surface area contributed by atoms with Crippen LogP contribution in [0.4, 0.5) is 74.1 Å². The summed E-state index contributed by atoms with van der Waals surface area (Å²) in [5, 5.41) is 15.9. The number of aliphatic carboxylic acids is 1. The number of nitrogens with zero attached hydrogens (tertiary/aromatic N) is 3. The van der Waals surface area contributed by atoms with Crippen molar-refractivity contribution in [3.05, 3.63) is 54.1 Å². The smallest absolute Gasteiger partial charge is 0.460 e. The third-order valence-electron chi connectivity index (χ3n) is 5.11. The molecule has 0 aliphatic heterocycles. The highest BCUT2D eigenvalue weighted by Crippen LogP contribution is 2.62. The second-order valence-corrected chi connectivity index (χ2v) is 7.88. The van der Waals surface area contributed by atoms with Crippen LogP contribution in [0, 0.1) is 0 Å². The van der Waals surface area contributed by atoms with E-state index < -0.39 is 47.3 Å². The van der Waals surface area contributed by atoms with E-state index in [1.54, 1.807) is 0 Å². The summed E-state index contributed by atoms with van der Waals surface area (Å²) in [4.78, 5) is 12.1. The van der Waals surface area contributed by atoms with Crippen LogP contribution in [0.25, 0.3) is 0 Å². The molecule has 0 atom stereocenters. The maximum atomic E-state index is 14.2. The Bertz CT molecular complexity index is 1200. The molecule has 0 aliphatic carbocycles. The monoisotopic (exact) mass is 587 g/mol. The third kappa shape index (κ3) is 5.59. The molecule has 2 aromatic rings. The highest BCUT2D eigenvalue weighted by atomic mass is 19.4. The van der Waals surface area contributed by atoms with Crippen LogP contribution in [0.1, 0.15) is 5.56 Å². The fourth-order valence-corrected chi connectivity index (χ4v) is 2.87. The molecule has 2 rings (SSSR count). The molecule has 0 spiro atoms. The predicted octanol–water partition coefficient (Wildman–Crippen LogP) is 7.82. The number of azo groups is 1. The van der Waals surface area contributed by atoms with Crippen LogP contribution in [0.5, 0.6) is 0 Å². The highest BCUT2D eigenvalue weighted by Gasteiger charge is 2.90. The van der Waals surface area contributed by atoms with Crippen molar-refractivity contribution < 1.29 is 67.0 Å². The standard InChI is InChI=1S/C21H14F13N3O2/c1-37(10-15(38)39)14-8-6-13(7-9-14)36-35-12-4-2-11(3-5-12)16(22,23)17(24,25)18(26,27)19(28,29)20(30,31)21(32,33)34/h2-9H,10H2,1H3,(H,38,39). The van der Waals surface area contributed by atoms with Gasteiger partial charge >= 0.3 is 41.8 Å². The zero-order chi connectivity index (χ0) is 30.2. The van der Waals surface area contributed by atoms with Crippen LogP contribution in [0.2, 0.25) is 0 Å². The summed E-state index contributed by atoms with van der Waals surface area (Å²) in [5.41, 5.74) is -1.97. The largest absolute Gasteiger partial charge is 0.480 e. The summed E-state index contributed by atoms with van der Waals surface area (Å²) in [6, 6.07) is 6.39. The Kier molecular flexibility index (Phi) is 8.25. The van der Waals surface area contributed by atoms with E-state index in [-0.39, 0.29) is 30.1 Å². The summed E-state index contributed by atoms with van der Waals surface area (Å²) >= 11 is 0. The van der Waals surface area contributed by atoms with Gasteiger partial charge in [0, 0.05) is 18.3 Å². The molecule has 1 N–H and O–H groups in total. The lowest BCUT2D eigenvalue weighted by atomic mass is 9.90. The number of carboxylic acids is 1. The summed E-state index contributed by atoms with van der Waals surface area (Å²) in [7, 11) is 1.46. The fourth-order valence-electron chi connectivity index (χ4n) is 2.87. The molecule has 2 aromatic carbocycles. The second kappa shape index (κ2) is 10.2. The van der Waals surface area contributed by atoms with Gasteiger partial charge in [-0.05, 0) is 36.4 Å². The summed E-state index contributed by atoms with van der Waals surface area (Å²) in [6.07, 6.45) is -7.48. The first kappa shape index (κ1) is 31.6. The minimum absolute atomic E-state index is 0.0254. The molecule has 0 bridgehead atoms. The number of likely N-dealkylation sites (N-methyl/N-ethyl adjacent to an activating group) is 1. The zero-order valence-corrected chi connectivity index (χ0v) is 18.9. The van der Waals surface area contributed by atoms with E-state index >= 15 is 0 Å². The normalized spacial score (nSPS) is 14.1. The molecule has 18 heteroatoms. The first-order valence-corrected chi connectivity index (χ1v) is 10.0. The number of hydrogen-bond donors (Lipinski definition) is 1. The van der Waals surface area contributed by atoms with Crippen molar-refractivity contribution in [2.45, 2.75) is 35.8 Å². The Labute approximate surface area is 209 Å². The summed E-state index contributed by atoms with van der Waals surface area (Å²) in [6.45, 7) is -0.342. The number of carbonyl (C=O) groups is 1. The molecule has 0 radical (unpaired) electrons. The van der Waals surface area contributed by atoms with E-state index in [0.717, 1.165) is 0 Å². The second-order valence-electron chi connectivity index (χ2n) is 7.88. The number of alkyl halides is 13. The number of rotatable bonds is 10. The van der Waals surface area contributed by atoms with Crippen molar-refractivity contribution in [2.75, 3.05) is 18.5 Å². The van der Waals surface area contributed by atoms with Gasteiger partial charge in [-0.3, -0.25) is 4.79 Å². The first-order valence-electron chi connectivity index (χ1n) is 10.0. The van der Waals surface area contributed by atoms with Crippen molar-refractivity contribution >= 4 is 23.0 Å². The van der Waals surface area contributed by atoms with Crippen molar-refractivity contribution in [1.29, 1.82) is 0 Å². The highest BCUT2D eigenvalue weighted by molar-refractivity contribution is 5.73. The molecule has 0 aromatic heterocycles. The van der Waals surface area contributed by atoms with Crippen LogP contribution < -0.4 is 4.90 Å². The molecular weight excluding hydrogens is 573 g/mol. The fraction of sp³-hybridized carbons (Fsp3) is 0.381. The molecule has 0 fully saturated rings. The van der Waals surface area contributed by atoms with E-state index in [4.69, 9.17) is 5.11 Å². The molecule has 5 nitrogen and oxygen atoms in total. The molecule has 0 amide bonds. The van der Waals surface area contributed by atoms with Crippen LogP contribution in [-0.2, 0) is 10.7 Å². The number of hydrogen-bond acceptors (Lipinski definition) is 4. The quantitative estimate of drug-likeness (QED) is 0.228. The molecule has 216 valence electrons. The molecular formula is C21H14F13N3O2. The van der Waals surface area contributed by atoms with Crippen molar-refractivity contribution in [2.24, 2.45) is 10.2 Å². The molecule has 0 saturated carbocycles. The van der Waals surface area contributed by atoms with Gasteiger partial charge in [-0.25, -0.2) is 0 Å². The number of halogens is 13. The molecule has 0 unspecified atom stereocenters. The first-order chi connectivity index (χ1) is 17.5. The van der Waals surface area contributed by atoms with Crippen LogP contribution in [0.3, 0.4) is 0 Å². The van der Waals surface area contributed by atoms with Gasteiger partial charge < -0.3 is 10.0 Å². The van der Waals surface area contributed by atoms with Crippen LogP contribution >= 0.6 is 0 Å². The maximum absolute atomic E-state index is 14.2. The number of benzene rings is 2. The zero-order valence-electron chi connectivity index (χ0n) is 18.9. The molecule has 0 aliphatic rings. The Morgan fingerprint density at radius 3 is 1.44 bits per heavy atom. The summed E-state index contributed by atoms with van der Waals surface area (Å²) in [5.74, 6) is -38.6. The molecule has 0 heterocycles. The average molecular weight is 587 g/mol. The lowest BCUT2D eigenvalue weighted by Gasteiger charge is -2.39. The minimum atomic E-state index is -7.97. The molecule has 0 saturated heterocycles. The SMILES string of the molecule is CN(CC(=O)O)c1ccc(N=Nc2ccc(C(F)(F)C(F)(F)C(F)(F)C(F)(F)C(F)(F)C(F)(F)F)cc2)cc1. The van der Waals surface area contributed by atoms with E-state index in [0.29, 0.717) is 17.8 Å².